The van der Waals surface area contributed by atoms with Crippen LogP contribution in [0.1, 0.15) is 18.4 Å². The van der Waals surface area contributed by atoms with Crippen LogP contribution in [0.4, 0.5) is 4.39 Å². The number of sulfonamides is 1. The molecule has 0 atom stereocenters. The molecule has 0 amide bonds. The topological polar surface area (TPSA) is 76.7 Å². The van der Waals surface area contributed by atoms with E-state index in [4.69, 9.17) is 11.6 Å². The van der Waals surface area contributed by atoms with Crippen LogP contribution < -0.4 is 5.69 Å². The van der Waals surface area contributed by atoms with Gasteiger partial charge in [0.1, 0.15) is 5.82 Å². The van der Waals surface area contributed by atoms with Crippen molar-refractivity contribution >= 4 is 27.3 Å². The first-order valence-corrected chi connectivity index (χ1v) is 10.2. The van der Waals surface area contributed by atoms with Crippen LogP contribution in [0.3, 0.4) is 0 Å². The van der Waals surface area contributed by atoms with Gasteiger partial charge >= 0.3 is 5.69 Å². The molecule has 1 aliphatic rings. The second kappa shape index (κ2) is 6.74. The Morgan fingerprint density at radius 1 is 1.15 bits per heavy atom. The molecule has 142 valence electrons. The summed E-state index contributed by atoms with van der Waals surface area (Å²) in [6.45, 7) is 1.02. The molecule has 0 bridgehead atoms. The summed E-state index contributed by atoms with van der Waals surface area (Å²) in [5.41, 5.74) is 0.357. The van der Waals surface area contributed by atoms with Gasteiger partial charge in [-0.05, 0) is 42.7 Å². The molecule has 3 aromatic rings. The van der Waals surface area contributed by atoms with Crippen LogP contribution in [0, 0.1) is 5.82 Å². The van der Waals surface area contributed by atoms with Gasteiger partial charge in [-0.15, -0.1) is 5.10 Å². The molecule has 0 saturated carbocycles. The number of halogens is 2. The van der Waals surface area contributed by atoms with E-state index in [0.717, 1.165) is 12.8 Å². The van der Waals surface area contributed by atoms with E-state index in [1.807, 2.05) is 0 Å². The van der Waals surface area contributed by atoms with Crippen molar-refractivity contribution in [2.24, 2.45) is 0 Å². The second-order valence-electron chi connectivity index (χ2n) is 6.38. The molecule has 1 aliphatic heterocycles. The number of hydrogen-bond acceptors (Lipinski definition) is 4. The van der Waals surface area contributed by atoms with Gasteiger partial charge in [-0.3, -0.25) is 0 Å². The van der Waals surface area contributed by atoms with Crippen LogP contribution in [0.2, 0.25) is 5.02 Å². The lowest BCUT2D eigenvalue weighted by molar-refractivity contribution is 0.477. The zero-order chi connectivity index (χ0) is 19.2. The maximum Gasteiger partial charge on any atom is 0.350 e. The van der Waals surface area contributed by atoms with E-state index in [9.17, 15) is 17.6 Å². The number of hydrogen-bond donors (Lipinski definition) is 0. The highest BCUT2D eigenvalue weighted by Gasteiger charge is 2.27. The summed E-state index contributed by atoms with van der Waals surface area (Å²) < 4.78 is 42.4. The fraction of sp³-hybridized carbons (Fsp3) is 0.294. The Morgan fingerprint density at radius 3 is 2.59 bits per heavy atom. The molecule has 1 fully saturated rings. The van der Waals surface area contributed by atoms with Crippen LogP contribution in [0.25, 0.3) is 5.65 Å². The summed E-state index contributed by atoms with van der Waals surface area (Å²) in [5, 5.41) is 4.39. The molecule has 10 heteroatoms. The van der Waals surface area contributed by atoms with Crippen LogP contribution in [-0.4, -0.2) is 40.0 Å². The Balaban J connectivity index is 1.73. The van der Waals surface area contributed by atoms with E-state index in [0.29, 0.717) is 24.3 Å². The standard InChI is InChI=1S/C17H16ClFN4O3S/c18-15-9-13(19)4-3-12(15)10-23-17(24)22-11-14(5-6-16(22)20-23)27(25,26)21-7-1-2-8-21/h3-6,9,11H,1-2,7-8,10H2. The molecule has 0 aliphatic carbocycles. The molecule has 0 radical (unpaired) electrons. The SMILES string of the molecule is O=c1n(Cc2ccc(F)cc2Cl)nc2ccc(S(=O)(=O)N3CCCC3)cn12. The third-order valence-corrected chi connectivity index (χ3v) is 6.82. The van der Waals surface area contributed by atoms with E-state index >= 15 is 0 Å². The van der Waals surface area contributed by atoms with Gasteiger partial charge in [-0.25, -0.2) is 26.7 Å². The largest absolute Gasteiger partial charge is 0.350 e. The number of pyridine rings is 1. The van der Waals surface area contributed by atoms with Gasteiger partial charge in [0.05, 0.1) is 11.4 Å². The molecule has 0 unspecified atom stereocenters. The van der Waals surface area contributed by atoms with E-state index < -0.39 is 21.5 Å². The van der Waals surface area contributed by atoms with Crippen molar-refractivity contribution in [3.8, 4) is 0 Å². The van der Waals surface area contributed by atoms with Gasteiger partial charge in [0.25, 0.3) is 0 Å². The lowest BCUT2D eigenvalue weighted by Crippen LogP contribution is -2.28. The summed E-state index contributed by atoms with van der Waals surface area (Å²) in [5.74, 6) is -0.470. The molecule has 1 aromatic carbocycles. The van der Waals surface area contributed by atoms with Gasteiger partial charge in [-0.1, -0.05) is 17.7 Å². The molecule has 7 nitrogen and oxygen atoms in total. The highest BCUT2D eigenvalue weighted by Crippen LogP contribution is 2.21. The lowest BCUT2D eigenvalue weighted by atomic mass is 10.2. The normalized spacial score (nSPS) is 15.6. The molecule has 27 heavy (non-hydrogen) atoms. The number of benzene rings is 1. The lowest BCUT2D eigenvalue weighted by Gasteiger charge is -2.15. The van der Waals surface area contributed by atoms with Gasteiger partial charge in [0, 0.05) is 24.3 Å². The molecular formula is C17H16ClFN4O3S. The molecule has 0 spiro atoms. The zero-order valence-electron chi connectivity index (χ0n) is 14.2. The molecule has 0 N–H and O–H groups in total. The van der Waals surface area contributed by atoms with Crippen molar-refractivity contribution in [1.29, 1.82) is 0 Å². The number of rotatable bonds is 4. The third kappa shape index (κ3) is 3.26. The summed E-state index contributed by atoms with van der Waals surface area (Å²) in [6, 6.07) is 6.84. The molecule has 2 aromatic heterocycles. The Labute approximate surface area is 159 Å². The molecule has 1 saturated heterocycles. The van der Waals surface area contributed by atoms with Gasteiger partial charge in [0.2, 0.25) is 10.0 Å². The quantitative estimate of drug-likeness (QED) is 0.660. The molecule has 4 rings (SSSR count). The predicted molar refractivity (Wildman–Crippen MR) is 98.0 cm³/mol. The number of fused-ring (bicyclic) bond motifs is 1. The van der Waals surface area contributed by atoms with Crippen molar-refractivity contribution < 1.29 is 12.8 Å². The first kappa shape index (κ1) is 18.1. The minimum atomic E-state index is -3.63. The third-order valence-electron chi connectivity index (χ3n) is 4.59. The Morgan fingerprint density at radius 2 is 1.89 bits per heavy atom. The fourth-order valence-electron chi connectivity index (χ4n) is 3.14. The van der Waals surface area contributed by atoms with Gasteiger partial charge in [-0.2, -0.15) is 4.31 Å². The van der Waals surface area contributed by atoms with E-state index in [-0.39, 0.29) is 16.5 Å². The summed E-state index contributed by atoms with van der Waals surface area (Å²) in [7, 11) is -3.63. The highest BCUT2D eigenvalue weighted by atomic mass is 35.5. The van der Waals surface area contributed by atoms with E-state index in [1.54, 1.807) is 0 Å². The number of aromatic nitrogens is 3. The van der Waals surface area contributed by atoms with E-state index in [2.05, 4.69) is 5.10 Å². The average molecular weight is 411 g/mol. The maximum absolute atomic E-state index is 13.2. The van der Waals surface area contributed by atoms with Gasteiger partial charge in [0.15, 0.2) is 5.65 Å². The first-order chi connectivity index (χ1) is 12.9. The summed E-state index contributed by atoms with van der Waals surface area (Å²) in [4.78, 5) is 12.7. The Bertz CT molecular complexity index is 1180. The first-order valence-electron chi connectivity index (χ1n) is 8.39. The summed E-state index contributed by atoms with van der Waals surface area (Å²) in [6.07, 6.45) is 2.96. The predicted octanol–water partition coefficient (Wildman–Crippen LogP) is 2.12. The Kier molecular flexibility index (Phi) is 4.53. The van der Waals surface area contributed by atoms with Crippen LogP contribution in [0.15, 0.2) is 46.2 Å². The van der Waals surface area contributed by atoms with Crippen molar-refractivity contribution in [3.63, 3.8) is 0 Å². The van der Waals surface area contributed by atoms with Crippen LogP contribution in [0.5, 0.6) is 0 Å². The fourth-order valence-corrected chi connectivity index (χ4v) is 4.89. The monoisotopic (exact) mass is 410 g/mol. The minimum Gasteiger partial charge on any atom is -0.249 e. The molecular weight excluding hydrogens is 395 g/mol. The van der Waals surface area contributed by atoms with Crippen LogP contribution in [-0.2, 0) is 16.6 Å². The highest BCUT2D eigenvalue weighted by molar-refractivity contribution is 7.89. The summed E-state index contributed by atoms with van der Waals surface area (Å²) >= 11 is 6.01. The van der Waals surface area contributed by atoms with Crippen molar-refractivity contribution in [2.75, 3.05) is 13.1 Å². The van der Waals surface area contributed by atoms with Crippen molar-refractivity contribution in [1.82, 2.24) is 18.5 Å². The van der Waals surface area contributed by atoms with Crippen molar-refractivity contribution in [2.45, 2.75) is 24.3 Å². The van der Waals surface area contributed by atoms with Crippen molar-refractivity contribution in [3.05, 3.63) is 63.4 Å². The van der Waals surface area contributed by atoms with Crippen LogP contribution >= 0.6 is 11.6 Å². The second-order valence-corrected chi connectivity index (χ2v) is 8.73. The Hall–Kier alpha value is -2.23. The van der Waals surface area contributed by atoms with Gasteiger partial charge < -0.3 is 0 Å². The number of nitrogens with zero attached hydrogens (tertiary/aromatic N) is 4. The smallest absolute Gasteiger partial charge is 0.249 e. The van der Waals surface area contributed by atoms with E-state index in [1.165, 1.54) is 49.9 Å². The average Bonchev–Trinajstić information content (AvgIpc) is 3.27. The maximum atomic E-state index is 13.2. The molecule has 3 heterocycles. The zero-order valence-corrected chi connectivity index (χ0v) is 15.7. The minimum absolute atomic E-state index is 0.0494.